The highest BCUT2D eigenvalue weighted by Crippen LogP contribution is 2.26. The highest BCUT2D eigenvalue weighted by Gasteiger charge is 2.38. The molecule has 0 aliphatic carbocycles. The number of alkyl carbamates (subject to hydrolysis) is 1. The van der Waals surface area contributed by atoms with Crippen LogP contribution < -0.4 is 10.6 Å². The molecule has 10 heteroatoms. The summed E-state index contributed by atoms with van der Waals surface area (Å²) in [4.78, 5) is 55.8. The first-order valence-corrected chi connectivity index (χ1v) is 15.6. The molecule has 242 valence electrons. The van der Waals surface area contributed by atoms with Crippen LogP contribution in [0.25, 0.3) is 0 Å². The predicted octanol–water partition coefficient (Wildman–Crippen LogP) is 5.48. The Bertz CT molecular complexity index is 1290. The van der Waals surface area contributed by atoms with Crippen molar-refractivity contribution in [3.63, 3.8) is 0 Å². The first kappa shape index (κ1) is 36.7. The lowest BCUT2D eigenvalue weighted by Crippen LogP contribution is -2.55. The van der Waals surface area contributed by atoms with Crippen LogP contribution in [-0.2, 0) is 30.3 Å². The molecule has 2 aromatic rings. The molecule has 3 unspecified atom stereocenters. The maximum atomic E-state index is 14.3. The van der Waals surface area contributed by atoms with Crippen LogP contribution in [0.1, 0.15) is 83.2 Å². The smallest absolute Gasteiger partial charge is 0.408 e. The lowest BCUT2D eigenvalue weighted by atomic mass is 9.97. The quantitative estimate of drug-likeness (QED) is 0.212. The maximum absolute atomic E-state index is 14.3. The van der Waals surface area contributed by atoms with Gasteiger partial charge in [-0.2, -0.15) is 12.6 Å². The van der Waals surface area contributed by atoms with Crippen molar-refractivity contribution in [3.8, 4) is 0 Å². The van der Waals surface area contributed by atoms with Crippen LogP contribution in [0.2, 0.25) is 0 Å². The molecule has 0 radical (unpaired) electrons. The Morgan fingerprint density at radius 3 is 1.98 bits per heavy atom. The van der Waals surface area contributed by atoms with Crippen molar-refractivity contribution in [1.82, 2.24) is 15.5 Å². The number of ether oxygens (including phenoxy) is 2. The molecule has 0 saturated heterocycles. The van der Waals surface area contributed by atoms with E-state index in [1.54, 1.807) is 47.6 Å². The molecule has 0 saturated carbocycles. The Hall–Kier alpha value is -3.53. The SMILES string of the molecule is CCCN(C(=O)C(CS)NC(=O)OC(C)(C)C)C(C(=O)NC(Cc1ccccc1)C(=O)OC(C)(C)C)c1ccc(C)c(C)c1. The van der Waals surface area contributed by atoms with Crippen LogP contribution in [-0.4, -0.2) is 64.4 Å². The van der Waals surface area contributed by atoms with E-state index in [-0.39, 0.29) is 18.7 Å². The standard InChI is InChI=1S/C34H49N3O6S/c1-10-18-37(30(39)27(21-44)36-32(41)43-34(7,8)9)28(25-17-16-22(2)23(3)19-25)29(38)35-26(31(40)42-33(4,5)6)20-24-14-12-11-13-15-24/h11-17,19,26-28,44H,10,18,20-21H2,1-9H3,(H,35,38)(H,36,41). The summed E-state index contributed by atoms with van der Waals surface area (Å²) in [6.07, 6.45) is -0.0325. The van der Waals surface area contributed by atoms with Gasteiger partial charge in [-0.3, -0.25) is 9.59 Å². The van der Waals surface area contributed by atoms with Gasteiger partial charge in [-0.15, -0.1) is 0 Å². The van der Waals surface area contributed by atoms with Gasteiger partial charge in [0.25, 0.3) is 0 Å². The fourth-order valence-corrected chi connectivity index (χ4v) is 4.76. The number of nitrogens with one attached hydrogen (secondary N) is 2. The summed E-state index contributed by atoms with van der Waals surface area (Å²) in [6, 6.07) is 11.7. The van der Waals surface area contributed by atoms with Gasteiger partial charge in [0.1, 0.15) is 29.3 Å². The predicted molar refractivity (Wildman–Crippen MR) is 176 cm³/mol. The fourth-order valence-electron chi connectivity index (χ4n) is 4.52. The largest absolute Gasteiger partial charge is 0.458 e. The number of carbonyl (C=O) groups is 4. The summed E-state index contributed by atoms with van der Waals surface area (Å²) in [7, 11) is 0. The van der Waals surface area contributed by atoms with Crippen LogP contribution in [0, 0.1) is 13.8 Å². The van der Waals surface area contributed by atoms with E-state index in [2.05, 4.69) is 23.3 Å². The second-order valence-electron chi connectivity index (χ2n) is 12.9. The summed E-state index contributed by atoms with van der Waals surface area (Å²) < 4.78 is 11.1. The van der Waals surface area contributed by atoms with E-state index in [0.29, 0.717) is 12.0 Å². The lowest BCUT2D eigenvalue weighted by molar-refractivity contribution is -0.159. The topological polar surface area (TPSA) is 114 Å². The zero-order chi connectivity index (χ0) is 33.2. The monoisotopic (exact) mass is 627 g/mol. The van der Waals surface area contributed by atoms with Gasteiger partial charge >= 0.3 is 12.1 Å². The molecule has 2 aromatic carbocycles. The van der Waals surface area contributed by atoms with Gasteiger partial charge in [0.05, 0.1) is 0 Å². The lowest BCUT2D eigenvalue weighted by Gasteiger charge is -2.35. The van der Waals surface area contributed by atoms with E-state index in [0.717, 1.165) is 16.7 Å². The third kappa shape index (κ3) is 11.5. The molecule has 0 heterocycles. The number of nitrogens with zero attached hydrogens (tertiary/aromatic N) is 1. The molecule has 9 nitrogen and oxygen atoms in total. The van der Waals surface area contributed by atoms with Gasteiger partial charge in [-0.1, -0.05) is 55.5 Å². The third-order valence-corrected chi connectivity index (χ3v) is 6.98. The number of aryl methyl sites for hydroxylation is 2. The number of thiol groups is 1. The van der Waals surface area contributed by atoms with Crippen LogP contribution in [0.15, 0.2) is 48.5 Å². The zero-order valence-electron chi connectivity index (χ0n) is 27.5. The Morgan fingerprint density at radius 2 is 1.45 bits per heavy atom. The molecular weight excluding hydrogens is 578 g/mol. The van der Waals surface area contributed by atoms with Gasteiger partial charge in [0, 0.05) is 18.7 Å². The Labute approximate surface area is 267 Å². The fraction of sp³-hybridized carbons (Fsp3) is 0.529. The summed E-state index contributed by atoms with van der Waals surface area (Å²) >= 11 is 4.34. The van der Waals surface area contributed by atoms with E-state index < -0.39 is 53.2 Å². The summed E-state index contributed by atoms with van der Waals surface area (Å²) in [5.74, 6) is -1.64. The highest BCUT2D eigenvalue weighted by molar-refractivity contribution is 7.80. The van der Waals surface area contributed by atoms with Gasteiger partial charge < -0.3 is 25.0 Å². The number of benzene rings is 2. The average Bonchev–Trinajstić information content (AvgIpc) is 2.91. The minimum atomic E-state index is -1.11. The number of carbonyl (C=O) groups excluding carboxylic acids is 4. The van der Waals surface area contributed by atoms with Crippen molar-refractivity contribution in [2.45, 2.75) is 104 Å². The summed E-state index contributed by atoms with van der Waals surface area (Å²) in [5.41, 5.74) is 1.83. The molecule has 2 rings (SSSR count). The van der Waals surface area contributed by atoms with E-state index >= 15 is 0 Å². The molecule has 44 heavy (non-hydrogen) atoms. The number of esters is 1. The normalized spacial score (nSPS) is 13.7. The van der Waals surface area contributed by atoms with E-state index in [1.807, 2.05) is 63.2 Å². The van der Waals surface area contributed by atoms with Crippen molar-refractivity contribution < 1.29 is 28.7 Å². The molecule has 0 fully saturated rings. The second kappa shape index (κ2) is 16.0. The molecule has 0 aromatic heterocycles. The second-order valence-corrected chi connectivity index (χ2v) is 13.3. The first-order valence-electron chi connectivity index (χ1n) is 15.0. The highest BCUT2D eigenvalue weighted by atomic mass is 32.1. The van der Waals surface area contributed by atoms with Gasteiger partial charge in [-0.25, -0.2) is 9.59 Å². The van der Waals surface area contributed by atoms with Crippen LogP contribution >= 0.6 is 12.6 Å². The molecule has 0 aliphatic heterocycles. The van der Waals surface area contributed by atoms with E-state index in [9.17, 15) is 19.2 Å². The number of amides is 3. The molecule has 3 atom stereocenters. The Morgan fingerprint density at radius 1 is 0.841 bits per heavy atom. The molecule has 0 bridgehead atoms. The van der Waals surface area contributed by atoms with Crippen molar-refractivity contribution in [1.29, 1.82) is 0 Å². The molecule has 0 spiro atoms. The van der Waals surface area contributed by atoms with E-state index in [4.69, 9.17) is 9.47 Å². The molecule has 0 aliphatic rings. The van der Waals surface area contributed by atoms with Gasteiger partial charge in [0.15, 0.2) is 0 Å². The summed E-state index contributed by atoms with van der Waals surface area (Å²) in [5, 5.41) is 5.52. The molecular formula is C34H49N3O6S. The minimum Gasteiger partial charge on any atom is -0.458 e. The maximum Gasteiger partial charge on any atom is 0.408 e. The summed E-state index contributed by atoms with van der Waals surface area (Å²) in [6.45, 7) is 16.5. The molecule has 3 amide bonds. The number of hydrogen-bond acceptors (Lipinski definition) is 7. The molecule has 2 N–H and O–H groups in total. The Kier molecular flexibility index (Phi) is 13.3. The van der Waals surface area contributed by atoms with Crippen molar-refractivity contribution >= 4 is 36.5 Å². The number of hydrogen-bond donors (Lipinski definition) is 3. The minimum absolute atomic E-state index is 0.0197. The Balaban J connectivity index is 2.56. The van der Waals surface area contributed by atoms with Crippen LogP contribution in [0.4, 0.5) is 4.79 Å². The van der Waals surface area contributed by atoms with Crippen LogP contribution in [0.5, 0.6) is 0 Å². The van der Waals surface area contributed by atoms with Crippen molar-refractivity contribution in [2.24, 2.45) is 0 Å². The van der Waals surface area contributed by atoms with Crippen molar-refractivity contribution in [3.05, 3.63) is 70.8 Å². The first-order chi connectivity index (χ1) is 20.5. The van der Waals surface area contributed by atoms with Gasteiger partial charge in [-0.05, 0) is 84.1 Å². The van der Waals surface area contributed by atoms with E-state index in [1.165, 1.54) is 4.90 Å². The third-order valence-electron chi connectivity index (χ3n) is 6.62. The zero-order valence-corrected chi connectivity index (χ0v) is 28.4. The van der Waals surface area contributed by atoms with Crippen molar-refractivity contribution in [2.75, 3.05) is 12.3 Å². The van der Waals surface area contributed by atoms with Gasteiger partial charge in [0.2, 0.25) is 11.8 Å². The average molecular weight is 628 g/mol. The number of rotatable bonds is 12. The van der Waals surface area contributed by atoms with Crippen LogP contribution in [0.3, 0.4) is 0 Å².